The number of imide groups is 1. The summed E-state index contributed by atoms with van der Waals surface area (Å²) >= 11 is 14.1. The van der Waals surface area contributed by atoms with Crippen molar-refractivity contribution in [3.63, 3.8) is 0 Å². The second-order valence-electron chi connectivity index (χ2n) is 6.31. The Bertz CT molecular complexity index is 1070. The Morgan fingerprint density at radius 2 is 1.83 bits per heavy atom. The Hall–Kier alpha value is -1.68. The third-order valence-corrected chi connectivity index (χ3v) is 6.79. The van der Waals surface area contributed by atoms with E-state index < -0.39 is 0 Å². The maximum Gasteiger partial charge on any atom is 0.293 e. The van der Waals surface area contributed by atoms with Crippen LogP contribution in [0.2, 0.25) is 5.02 Å². The van der Waals surface area contributed by atoms with Gasteiger partial charge in [0, 0.05) is 11.1 Å². The van der Waals surface area contributed by atoms with Crippen molar-refractivity contribution in [3.05, 3.63) is 54.3 Å². The van der Waals surface area contributed by atoms with Gasteiger partial charge in [-0.25, -0.2) is 0 Å². The zero-order valence-electron chi connectivity index (χ0n) is 15.5. The quantitative estimate of drug-likeness (QED) is 0.394. The molecule has 2 aliphatic rings. The highest BCUT2D eigenvalue weighted by atomic mass is 79.9. The molecule has 2 heterocycles. The van der Waals surface area contributed by atoms with Crippen molar-refractivity contribution < 1.29 is 23.8 Å². The molecule has 0 aliphatic carbocycles. The first-order chi connectivity index (χ1) is 14.4. The van der Waals surface area contributed by atoms with Gasteiger partial charge in [-0.2, -0.15) is 0 Å². The van der Waals surface area contributed by atoms with Crippen molar-refractivity contribution in [1.29, 1.82) is 0 Å². The van der Waals surface area contributed by atoms with E-state index in [2.05, 4.69) is 31.9 Å². The summed E-state index contributed by atoms with van der Waals surface area (Å²) in [6.45, 7) is 2.59. The molecule has 1 saturated heterocycles. The van der Waals surface area contributed by atoms with Gasteiger partial charge < -0.3 is 14.2 Å². The highest BCUT2D eigenvalue weighted by Crippen LogP contribution is 2.40. The van der Waals surface area contributed by atoms with Gasteiger partial charge in [0.2, 0.25) is 6.79 Å². The largest absolute Gasteiger partial charge is 0.492 e. The fourth-order valence-corrected chi connectivity index (χ4v) is 5.49. The number of benzene rings is 2. The van der Waals surface area contributed by atoms with E-state index in [1.165, 1.54) is 4.90 Å². The monoisotopic (exact) mass is 573 g/mol. The lowest BCUT2D eigenvalue weighted by molar-refractivity contribution is -0.123. The fourth-order valence-electron chi connectivity index (χ4n) is 2.98. The summed E-state index contributed by atoms with van der Waals surface area (Å²) in [6.07, 6.45) is 1.68. The minimum Gasteiger partial charge on any atom is -0.492 e. The molecule has 0 N–H and O–H groups in total. The Morgan fingerprint density at radius 3 is 2.50 bits per heavy atom. The predicted molar refractivity (Wildman–Crippen MR) is 122 cm³/mol. The van der Waals surface area contributed by atoms with Gasteiger partial charge in [0.15, 0.2) is 11.5 Å². The third-order valence-electron chi connectivity index (χ3n) is 4.35. The molecule has 0 radical (unpaired) electrons. The molecule has 10 heteroatoms. The molecule has 0 saturated carbocycles. The molecule has 0 bridgehead atoms. The number of carbonyl (C=O) groups is 2. The van der Waals surface area contributed by atoms with Gasteiger partial charge in [0.1, 0.15) is 5.75 Å². The van der Waals surface area contributed by atoms with E-state index in [0.717, 1.165) is 26.3 Å². The summed E-state index contributed by atoms with van der Waals surface area (Å²) in [7, 11) is 0. The molecule has 6 nitrogen and oxygen atoms in total. The number of halogens is 3. The Morgan fingerprint density at radius 1 is 1.17 bits per heavy atom. The number of ether oxygens (including phenoxy) is 3. The van der Waals surface area contributed by atoms with E-state index >= 15 is 0 Å². The molecule has 156 valence electrons. The number of hydrogen-bond donors (Lipinski definition) is 0. The molecule has 0 unspecified atom stereocenters. The zero-order chi connectivity index (χ0) is 21.4. The SMILES string of the molecule is CCOc1c(Br)cc(/C=C2\SC(=O)N(Cc3cc4c(cc3Cl)OCO4)C2=O)cc1Br. The molecule has 0 aromatic heterocycles. The van der Waals surface area contributed by atoms with Gasteiger partial charge in [-0.15, -0.1) is 0 Å². The van der Waals surface area contributed by atoms with Crippen LogP contribution in [0.4, 0.5) is 4.79 Å². The zero-order valence-corrected chi connectivity index (χ0v) is 20.3. The lowest BCUT2D eigenvalue weighted by Gasteiger charge is -2.14. The van der Waals surface area contributed by atoms with Crippen molar-refractivity contribution in [2.45, 2.75) is 13.5 Å². The van der Waals surface area contributed by atoms with E-state index in [-0.39, 0.29) is 24.5 Å². The van der Waals surface area contributed by atoms with Crippen LogP contribution in [0.1, 0.15) is 18.1 Å². The molecule has 4 rings (SSSR count). The molecule has 30 heavy (non-hydrogen) atoms. The molecule has 2 aromatic rings. The van der Waals surface area contributed by atoms with Crippen LogP contribution in [0.5, 0.6) is 17.2 Å². The smallest absolute Gasteiger partial charge is 0.293 e. The molecule has 0 atom stereocenters. The number of fused-ring (bicyclic) bond motifs is 1. The van der Waals surface area contributed by atoms with Crippen molar-refractivity contribution in [3.8, 4) is 17.2 Å². The highest BCUT2D eigenvalue weighted by molar-refractivity contribution is 9.11. The minimum atomic E-state index is -0.375. The topological polar surface area (TPSA) is 65.1 Å². The maximum atomic E-state index is 12.9. The normalized spacial score (nSPS) is 16.7. The van der Waals surface area contributed by atoms with Crippen LogP contribution in [0.15, 0.2) is 38.1 Å². The van der Waals surface area contributed by atoms with E-state index in [9.17, 15) is 9.59 Å². The maximum absolute atomic E-state index is 12.9. The Labute approximate surface area is 198 Å². The molecular weight excluding hydrogens is 562 g/mol. The summed E-state index contributed by atoms with van der Waals surface area (Å²) in [5.74, 6) is 1.39. The number of thioether (sulfide) groups is 1. The predicted octanol–water partition coefficient (Wildman–Crippen LogP) is 6.23. The summed E-state index contributed by atoms with van der Waals surface area (Å²) < 4.78 is 17.7. The van der Waals surface area contributed by atoms with Gasteiger partial charge in [-0.1, -0.05) is 11.6 Å². The first-order valence-corrected chi connectivity index (χ1v) is 11.6. The standard InChI is InChI=1S/C20H14Br2ClNO5S/c1-2-27-18-12(21)3-10(4-13(18)22)5-17-19(25)24(20(26)30-17)8-11-6-15-16(7-14(11)23)29-9-28-15/h3-7H,2,8-9H2,1H3/b17-5-. The van der Waals surface area contributed by atoms with Crippen LogP contribution in [-0.4, -0.2) is 29.4 Å². The first-order valence-electron chi connectivity index (χ1n) is 8.82. The second-order valence-corrected chi connectivity index (χ2v) is 9.42. The Kier molecular flexibility index (Phi) is 6.34. The average molecular weight is 576 g/mol. The van der Waals surface area contributed by atoms with Crippen molar-refractivity contribution in [2.24, 2.45) is 0 Å². The van der Waals surface area contributed by atoms with Gasteiger partial charge in [0.05, 0.1) is 27.0 Å². The molecule has 1 fully saturated rings. The van der Waals surface area contributed by atoms with Crippen molar-refractivity contribution in [2.75, 3.05) is 13.4 Å². The Balaban J connectivity index is 1.57. The highest BCUT2D eigenvalue weighted by Gasteiger charge is 2.35. The molecular formula is C20H14Br2ClNO5S. The second kappa shape index (κ2) is 8.82. The number of rotatable bonds is 5. The number of carbonyl (C=O) groups excluding carboxylic acids is 2. The number of hydrogen-bond acceptors (Lipinski definition) is 6. The van der Waals surface area contributed by atoms with Crippen molar-refractivity contribution in [1.82, 2.24) is 4.90 Å². The van der Waals surface area contributed by atoms with Gasteiger partial charge in [-0.3, -0.25) is 14.5 Å². The van der Waals surface area contributed by atoms with E-state index in [1.54, 1.807) is 18.2 Å². The lowest BCUT2D eigenvalue weighted by atomic mass is 10.1. The van der Waals surface area contributed by atoms with E-state index in [4.69, 9.17) is 25.8 Å². The van der Waals surface area contributed by atoms with E-state index in [1.807, 2.05) is 19.1 Å². The fraction of sp³-hybridized carbons (Fsp3) is 0.200. The van der Waals surface area contributed by atoms with Crippen LogP contribution in [0.25, 0.3) is 6.08 Å². The van der Waals surface area contributed by atoms with Crippen LogP contribution >= 0.6 is 55.2 Å². The minimum absolute atomic E-state index is 0.0497. The van der Waals surface area contributed by atoms with Crippen LogP contribution in [-0.2, 0) is 11.3 Å². The summed E-state index contributed by atoms with van der Waals surface area (Å²) in [4.78, 5) is 26.9. The molecule has 2 aromatic carbocycles. The average Bonchev–Trinajstić information content (AvgIpc) is 3.24. The summed E-state index contributed by atoms with van der Waals surface area (Å²) in [5, 5.41) is 0.0469. The first kappa shape index (κ1) is 21.5. The molecule has 0 spiro atoms. The molecule has 2 aliphatic heterocycles. The molecule has 2 amide bonds. The van der Waals surface area contributed by atoms with Crippen molar-refractivity contribution >= 4 is 72.4 Å². The summed E-state index contributed by atoms with van der Waals surface area (Å²) in [5.41, 5.74) is 1.36. The van der Waals surface area contributed by atoms with E-state index in [0.29, 0.717) is 39.3 Å². The lowest BCUT2D eigenvalue weighted by Crippen LogP contribution is -2.27. The van der Waals surface area contributed by atoms with Crippen LogP contribution in [0.3, 0.4) is 0 Å². The third kappa shape index (κ3) is 4.21. The van der Waals surface area contributed by atoms with Gasteiger partial charge in [-0.05, 0) is 85.9 Å². The van der Waals surface area contributed by atoms with Crippen LogP contribution in [0, 0.1) is 0 Å². The van der Waals surface area contributed by atoms with Gasteiger partial charge >= 0.3 is 0 Å². The van der Waals surface area contributed by atoms with Gasteiger partial charge in [0.25, 0.3) is 11.1 Å². The van der Waals surface area contributed by atoms with Crippen LogP contribution < -0.4 is 14.2 Å². The number of amides is 2. The summed E-state index contributed by atoms with van der Waals surface area (Å²) in [6, 6.07) is 6.98. The number of nitrogens with zero attached hydrogens (tertiary/aromatic N) is 1.